The quantitative estimate of drug-likeness (QED) is 0.244. The van der Waals surface area contributed by atoms with Crippen molar-refractivity contribution in [3.8, 4) is 0 Å². The molecule has 11 nitrogen and oxygen atoms in total. The Kier molecular flexibility index (Phi) is 11.1. The number of benzene rings is 2. The molecule has 0 radical (unpaired) electrons. The van der Waals surface area contributed by atoms with E-state index in [1.54, 1.807) is 4.90 Å². The number of rotatable bonds is 12. The van der Waals surface area contributed by atoms with Gasteiger partial charge in [-0.05, 0) is 68.0 Å². The van der Waals surface area contributed by atoms with Crippen molar-refractivity contribution < 1.29 is 49.5 Å². The molecular formula is C35H40F6N6O5S. The van der Waals surface area contributed by atoms with E-state index in [2.05, 4.69) is 10.3 Å². The number of amides is 1. The lowest BCUT2D eigenvalue weighted by Crippen LogP contribution is -2.45. The number of carbonyl (C=O) groups excluding carboxylic acids is 1. The number of hydrogen-bond donors (Lipinski definition) is 2. The molecule has 0 unspecified atom stereocenters. The minimum Gasteiger partial charge on any atom is -0.481 e. The molecule has 3 aromatic rings. The normalized spacial score (nSPS) is 22.1. The molecule has 3 saturated heterocycles. The maximum Gasteiger partial charge on any atom is 0.416 e. The maximum atomic E-state index is 17.2. The lowest BCUT2D eigenvalue weighted by atomic mass is 9.85. The number of alkyl halides is 4. The van der Waals surface area contributed by atoms with E-state index in [1.807, 2.05) is 0 Å². The summed E-state index contributed by atoms with van der Waals surface area (Å²) in [6, 6.07) is 5.83. The first kappa shape index (κ1) is 38.6. The Morgan fingerprint density at radius 2 is 1.74 bits per heavy atom. The van der Waals surface area contributed by atoms with Crippen LogP contribution in [0.2, 0.25) is 0 Å². The van der Waals surface area contributed by atoms with Gasteiger partial charge in [-0.15, -0.1) is 0 Å². The zero-order chi connectivity index (χ0) is 38.1. The van der Waals surface area contributed by atoms with Crippen molar-refractivity contribution in [2.75, 3.05) is 61.8 Å². The van der Waals surface area contributed by atoms with Gasteiger partial charge in [0, 0.05) is 69.3 Å². The van der Waals surface area contributed by atoms with Crippen molar-refractivity contribution >= 4 is 33.5 Å². The summed E-state index contributed by atoms with van der Waals surface area (Å²) in [6.07, 6.45) is 0.240. The Hall–Kier alpha value is -4.16. The number of carbonyl (C=O) groups is 2. The van der Waals surface area contributed by atoms with Crippen molar-refractivity contribution in [1.82, 2.24) is 18.8 Å². The van der Waals surface area contributed by atoms with E-state index in [0.717, 1.165) is 37.1 Å². The van der Waals surface area contributed by atoms with Gasteiger partial charge in [-0.25, -0.2) is 30.9 Å². The lowest BCUT2D eigenvalue weighted by Gasteiger charge is -2.34. The molecule has 0 aliphatic carbocycles. The second-order valence-electron chi connectivity index (χ2n) is 13.9. The van der Waals surface area contributed by atoms with Crippen LogP contribution >= 0.6 is 0 Å². The third-order valence-corrected chi connectivity index (χ3v) is 12.3. The fourth-order valence-corrected chi connectivity index (χ4v) is 9.05. The van der Waals surface area contributed by atoms with Gasteiger partial charge in [0.05, 0.1) is 23.8 Å². The van der Waals surface area contributed by atoms with Gasteiger partial charge < -0.3 is 14.6 Å². The highest BCUT2D eigenvalue weighted by Gasteiger charge is 2.54. The van der Waals surface area contributed by atoms with Crippen LogP contribution in [0.1, 0.15) is 54.7 Å². The van der Waals surface area contributed by atoms with Gasteiger partial charge in [-0.3, -0.25) is 19.8 Å². The summed E-state index contributed by atoms with van der Waals surface area (Å²) in [5.74, 6) is -6.46. The number of hydrogen-bond acceptors (Lipinski definition) is 7. The minimum absolute atomic E-state index is 0.0837. The molecule has 4 heterocycles. The molecule has 2 atom stereocenters. The molecule has 3 fully saturated rings. The Balaban J connectivity index is 1.22. The fourth-order valence-electron chi connectivity index (χ4n) is 7.48. The number of imidazole rings is 1. The predicted molar refractivity (Wildman–Crippen MR) is 183 cm³/mol. The number of nitrogens with zero attached hydrogens (tertiary/aromatic N) is 5. The van der Waals surface area contributed by atoms with Gasteiger partial charge in [0.2, 0.25) is 21.6 Å². The zero-order valence-corrected chi connectivity index (χ0v) is 29.5. The maximum absolute atomic E-state index is 17.2. The fraction of sp³-hybridized carbons (Fsp3) is 0.514. The van der Waals surface area contributed by atoms with Crippen LogP contribution < -0.4 is 10.2 Å². The smallest absolute Gasteiger partial charge is 0.416 e. The van der Waals surface area contributed by atoms with E-state index in [-0.39, 0.29) is 74.9 Å². The number of aromatic nitrogens is 2. The third kappa shape index (κ3) is 8.49. The average Bonchev–Trinajstić information content (AvgIpc) is 3.87. The summed E-state index contributed by atoms with van der Waals surface area (Å²) in [6.45, 7) is 0.560. The summed E-state index contributed by atoms with van der Waals surface area (Å²) in [4.78, 5) is 32.7. The molecule has 1 aromatic heterocycles. The second-order valence-corrected chi connectivity index (χ2v) is 16.0. The molecule has 3 aliphatic rings. The Morgan fingerprint density at radius 3 is 2.40 bits per heavy atom. The molecule has 2 aromatic carbocycles. The van der Waals surface area contributed by atoms with Crippen LogP contribution in [0.5, 0.6) is 0 Å². The van der Waals surface area contributed by atoms with Gasteiger partial charge in [0.25, 0.3) is 5.91 Å². The highest BCUT2D eigenvalue weighted by Crippen LogP contribution is 2.42. The van der Waals surface area contributed by atoms with Gasteiger partial charge in [-0.1, -0.05) is 12.1 Å². The van der Waals surface area contributed by atoms with E-state index in [1.165, 1.54) is 32.2 Å². The minimum atomic E-state index is -4.64. The van der Waals surface area contributed by atoms with Crippen molar-refractivity contribution in [3.63, 3.8) is 0 Å². The first-order valence-electron chi connectivity index (χ1n) is 17.4. The molecule has 18 heteroatoms. The van der Waals surface area contributed by atoms with E-state index >= 15 is 8.78 Å². The van der Waals surface area contributed by atoms with Crippen LogP contribution in [-0.2, 0) is 32.3 Å². The first-order chi connectivity index (χ1) is 25.0. The number of anilines is 2. The van der Waals surface area contributed by atoms with Crippen LogP contribution in [0.4, 0.5) is 38.0 Å². The molecule has 0 bridgehead atoms. The standard InChI is InChI=1S/C35H40F6N6O5S/c36-26-6-7-27(29(37)19-26)28-21-44(11-3-17-53(51,52)47-12-1-2-13-47)22-34(28,38)32(50)43-33-42-10-16-46(33)20-24-4-5-25(35(39,40)41)18-30(24)45-14-8-23(9-15-45)31(48)49/h4-7,10,16,18-19,23,28H,1-3,8-9,11-15,17,20-22H2,(H,48,49)(H,42,43,50)/t28-,34-/m0/s1. The van der Waals surface area contributed by atoms with Gasteiger partial charge in [0.1, 0.15) is 11.6 Å². The van der Waals surface area contributed by atoms with E-state index in [0.29, 0.717) is 24.7 Å². The van der Waals surface area contributed by atoms with Crippen molar-refractivity contribution in [1.29, 1.82) is 0 Å². The molecule has 0 spiro atoms. The topological polar surface area (TPSA) is 128 Å². The molecule has 1 amide bonds. The van der Waals surface area contributed by atoms with Crippen LogP contribution in [-0.4, -0.2) is 101 Å². The number of carboxylic acids is 1. The monoisotopic (exact) mass is 770 g/mol. The van der Waals surface area contributed by atoms with E-state index in [9.17, 15) is 40.7 Å². The van der Waals surface area contributed by atoms with Crippen molar-refractivity contribution in [2.45, 2.75) is 56.4 Å². The van der Waals surface area contributed by atoms with Crippen LogP contribution in [0.15, 0.2) is 48.8 Å². The third-order valence-electron chi connectivity index (χ3n) is 10.4. The van der Waals surface area contributed by atoms with Gasteiger partial charge in [0.15, 0.2) is 0 Å². The number of halogens is 6. The van der Waals surface area contributed by atoms with E-state index in [4.69, 9.17) is 0 Å². The number of sulfonamides is 1. The molecule has 2 N–H and O–H groups in total. The summed E-state index contributed by atoms with van der Waals surface area (Å²) in [5, 5.41) is 11.9. The molecule has 53 heavy (non-hydrogen) atoms. The number of likely N-dealkylation sites (tertiary alicyclic amines) is 1. The molecule has 288 valence electrons. The van der Waals surface area contributed by atoms with Gasteiger partial charge in [-0.2, -0.15) is 13.2 Å². The summed E-state index contributed by atoms with van der Waals surface area (Å²) >= 11 is 0. The number of carboxylic acid groups (broad SMARTS) is 1. The SMILES string of the molecule is O=C(O)C1CCN(c2cc(C(F)(F)F)ccc2Cn2ccnc2NC(=O)[C@]2(F)CN(CCCS(=O)(=O)N3CCCC3)C[C@H]2c2ccc(F)cc2F)CC1. The molecule has 0 saturated carbocycles. The van der Waals surface area contributed by atoms with Crippen LogP contribution in [0.25, 0.3) is 0 Å². The largest absolute Gasteiger partial charge is 0.481 e. The Labute approximate surface area is 302 Å². The van der Waals surface area contributed by atoms with Crippen LogP contribution in [0, 0.1) is 17.6 Å². The van der Waals surface area contributed by atoms with Gasteiger partial charge >= 0.3 is 12.1 Å². The Bertz CT molecular complexity index is 1930. The van der Waals surface area contributed by atoms with Crippen molar-refractivity contribution in [3.05, 3.63) is 77.1 Å². The summed E-state index contributed by atoms with van der Waals surface area (Å²) in [7, 11) is -3.53. The van der Waals surface area contributed by atoms with Crippen molar-refractivity contribution in [2.24, 2.45) is 5.92 Å². The Morgan fingerprint density at radius 1 is 1.02 bits per heavy atom. The first-order valence-corrected chi connectivity index (χ1v) is 19.0. The molecular weight excluding hydrogens is 730 g/mol. The average molecular weight is 771 g/mol. The van der Waals surface area contributed by atoms with Crippen LogP contribution in [0.3, 0.4) is 0 Å². The summed E-state index contributed by atoms with van der Waals surface area (Å²) in [5.41, 5.74) is -3.29. The molecule has 6 rings (SSSR count). The van der Waals surface area contributed by atoms with E-state index < -0.39 is 69.3 Å². The predicted octanol–water partition coefficient (Wildman–Crippen LogP) is 5.09. The lowest BCUT2D eigenvalue weighted by molar-refractivity contribution is -0.142. The number of nitrogens with one attached hydrogen (secondary N) is 1. The highest BCUT2D eigenvalue weighted by molar-refractivity contribution is 7.89. The highest BCUT2D eigenvalue weighted by atomic mass is 32.2. The zero-order valence-electron chi connectivity index (χ0n) is 28.7. The second kappa shape index (κ2) is 15.3. The molecule has 3 aliphatic heterocycles. The number of aliphatic carboxylic acids is 1. The summed E-state index contributed by atoms with van der Waals surface area (Å²) < 4.78 is 116. The number of piperidine rings is 1.